The van der Waals surface area contributed by atoms with Gasteiger partial charge in [-0.3, -0.25) is 14.4 Å². The summed E-state index contributed by atoms with van der Waals surface area (Å²) in [6, 6.07) is 0. The highest BCUT2D eigenvalue weighted by atomic mass is 16.6. The Bertz CT molecular complexity index is 1340. The molecule has 0 rings (SSSR count). The number of rotatable bonds is 41. The highest BCUT2D eigenvalue weighted by Crippen LogP contribution is 2.13. The summed E-state index contributed by atoms with van der Waals surface area (Å²) in [5, 5.41) is 0. The van der Waals surface area contributed by atoms with Crippen LogP contribution >= 0.6 is 0 Å². The summed E-state index contributed by atoms with van der Waals surface area (Å²) in [5.74, 6) is -0.985. The number of carbonyl (C=O) groups excluding carboxylic acids is 3. The molecule has 61 heavy (non-hydrogen) atoms. The van der Waals surface area contributed by atoms with Gasteiger partial charge >= 0.3 is 17.9 Å². The first-order chi connectivity index (χ1) is 30.0. The Labute approximate surface area is 373 Å². The first-order valence-corrected chi connectivity index (χ1v) is 24.1. The first-order valence-electron chi connectivity index (χ1n) is 24.1. The molecule has 0 aromatic rings. The summed E-state index contributed by atoms with van der Waals surface area (Å²) in [6.45, 7) is 6.26. The van der Waals surface area contributed by atoms with Crippen LogP contribution in [0.2, 0.25) is 0 Å². The van der Waals surface area contributed by atoms with Crippen molar-refractivity contribution in [1.29, 1.82) is 0 Å². The summed E-state index contributed by atoms with van der Waals surface area (Å²) in [6.07, 6.45) is 66.0. The van der Waals surface area contributed by atoms with Crippen molar-refractivity contribution in [3.05, 3.63) is 122 Å². The van der Waals surface area contributed by atoms with E-state index < -0.39 is 6.10 Å². The summed E-state index contributed by atoms with van der Waals surface area (Å²) in [4.78, 5) is 37.8. The Morgan fingerprint density at radius 1 is 0.361 bits per heavy atom. The van der Waals surface area contributed by atoms with Gasteiger partial charge in [-0.2, -0.15) is 0 Å². The number of ether oxygens (including phenoxy) is 3. The predicted molar refractivity (Wildman–Crippen MR) is 260 cm³/mol. The minimum Gasteiger partial charge on any atom is -0.462 e. The van der Waals surface area contributed by atoms with E-state index in [0.717, 1.165) is 109 Å². The molecule has 0 aliphatic rings. The fourth-order valence-electron chi connectivity index (χ4n) is 6.03. The predicted octanol–water partition coefficient (Wildman–Crippen LogP) is 15.7. The third-order valence-corrected chi connectivity index (χ3v) is 9.63. The van der Waals surface area contributed by atoms with Crippen LogP contribution < -0.4 is 0 Å². The smallest absolute Gasteiger partial charge is 0.306 e. The number of hydrogen-bond donors (Lipinski definition) is 0. The minimum atomic E-state index is -0.807. The van der Waals surface area contributed by atoms with E-state index in [4.69, 9.17) is 14.2 Å². The average Bonchev–Trinajstić information content (AvgIpc) is 3.26. The molecule has 0 radical (unpaired) electrons. The number of allylic oxidation sites excluding steroid dienone is 20. The van der Waals surface area contributed by atoms with Crippen molar-refractivity contribution in [2.24, 2.45) is 0 Å². The van der Waals surface area contributed by atoms with E-state index in [1.807, 2.05) is 72.9 Å². The molecule has 0 N–H and O–H groups in total. The van der Waals surface area contributed by atoms with Gasteiger partial charge in [0.15, 0.2) is 6.10 Å². The van der Waals surface area contributed by atoms with Crippen LogP contribution in [0.15, 0.2) is 122 Å². The molecule has 0 saturated heterocycles. The summed E-state index contributed by atoms with van der Waals surface area (Å²) in [5.41, 5.74) is 0. The summed E-state index contributed by atoms with van der Waals surface area (Å²) in [7, 11) is 0. The second-order valence-electron chi connectivity index (χ2n) is 15.4. The third kappa shape index (κ3) is 46.7. The van der Waals surface area contributed by atoms with Crippen molar-refractivity contribution in [2.45, 2.75) is 194 Å². The Hall–Kier alpha value is -4.19. The molecule has 0 bridgehead atoms. The number of esters is 3. The van der Waals surface area contributed by atoms with E-state index in [0.29, 0.717) is 19.3 Å². The van der Waals surface area contributed by atoms with Gasteiger partial charge in [0.25, 0.3) is 0 Å². The molecule has 0 amide bonds. The van der Waals surface area contributed by atoms with Crippen LogP contribution in [0.3, 0.4) is 0 Å². The maximum atomic E-state index is 12.8. The lowest BCUT2D eigenvalue weighted by Gasteiger charge is -2.18. The van der Waals surface area contributed by atoms with Crippen molar-refractivity contribution in [3.63, 3.8) is 0 Å². The van der Waals surface area contributed by atoms with Crippen LogP contribution in [0, 0.1) is 0 Å². The van der Waals surface area contributed by atoms with Crippen molar-refractivity contribution >= 4 is 17.9 Å². The molecule has 1 unspecified atom stereocenters. The molecule has 0 aliphatic heterocycles. The second-order valence-corrected chi connectivity index (χ2v) is 15.4. The molecule has 0 spiro atoms. The standard InChI is InChI=1S/C55H86O6/c1-4-7-10-13-16-19-22-24-26-27-28-29-30-32-33-36-39-42-45-48-54(57)60-51-52(50-59-53(56)47-44-41-38-35-21-18-15-12-9-6-3)61-55(58)49-46-43-40-37-34-31-25-23-20-17-14-11-8-5-2/h7-8,10-11,13,15-20,22,24,26-30,32-33,52H,4-6,9,12,14,21,23,25,31,34-51H2,1-3H3/b10-7-,11-8-,16-13-,18-15-,20-17-,22-19-,26-24-,28-27+,30-29-,33-32-. The van der Waals surface area contributed by atoms with Crippen molar-refractivity contribution in [3.8, 4) is 0 Å². The number of carbonyl (C=O) groups is 3. The molecule has 0 saturated carbocycles. The summed E-state index contributed by atoms with van der Waals surface area (Å²) >= 11 is 0. The van der Waals surface area contributed by atoms with Gasteiger partial charge in [0.1, 0.15) is 13.2 Å². The van der Waals surface area contributed by atoms with Crippen LogP contribution in [0.5, 0.6) is 0 Å². The van der Waals surface area contributed by atoms with E-state index in [1.165, 1.54) is 38.5 Å². The van der Waals surface area contributed by atoms with E-state index in [9.17, 15) is 14.4 Å². The van der Waals surface area contributed by atoms with Crippen LogP contribution in [-0.4, -0.2) is 37.2 Å². The fraction of sp³-hybridized carbons (Fsp3) is 0.582. The highest BCUT2D eigenvalue weighted by molar-refractivity contribution is 5.71. The normalized spacial score (nSPS) is 13.2. The SMILES string of the molecule is CC\C=C/C=C\C=C/C=C\C=C\C=C/C=C\CCCCCC(=O)OCC(COC(=O)CCCCCC/C=C\CCCC)OC(=O)CCCCCCCCC/C=C\C/C=C\CC. The van der Waals surface area contributed by atoms with Gasteiger partial charge in [-0.05, 0) is 83.5 Å². The zero-order chi connectivity index (χ0) is 44.4. The zero-order valence-electron chi connectivity index (χ0n) is 38.9. The lowest BCUT2D eigenvalue weighted by atomic mass is 10.1. The quantitative estimate of drug-likeness (QED) is 0.0201. The van der Waals surface area contributed by atoms with Crippen molar-refractivity contribution in [1.82, 2.24) is 0 Å². The summed E-state index contributed by atoms with van der Waals surface area (Å²) < 4.78 is 16.7. The Morgan fingerprint density at radius 2 is 0.721 bits per heavy atom. The molecule has 6 nitrogen and oxygen atoms in total. The van der Waals surface area contributed by atoms with Crippen LogP contribution in [-0.2, 0) is 28.6 Å². The number of hydrogen-bond acceptors (Lipinski definition) is 6. The Kier molecular flexibility index (Phi) is 45.1. The highest BCUT2D eigenvalue weighted by Gasteiger charge is 2.19. The molecular weight excluding hydrogens is 757 g/mol. The maximum absolute atomic E-state index is 12.8. The molecule has 0 heterocycles. The maximum Gasteiger partial charge on any atom is 0.306 e. The van der Waals surface area contributed by atoms with Gasteiger partial charge < -0.3 is 14.2 Å². The van der Waals surface area contributed by atoms with Gasteiger partial charge in [0, 0.05) is 19.3 Å². The van der Waals surface area contributed by atoms with Gasteiger partial charge in [-0.15, -0.1) is 0 Å². The average molecular weight is 843 g/mol. The largest absolute Gasteiger partial charge is 0.462 e. The van der Waals surface area contributed by atoms with E-state index in [2.05, 4.69) is 69.4 Å². The zero-order valence-corrected chi connectivity index (χ0v) is 38.9. The molecule has 0 fully saturated rings. The molecule has 342 valence electrons. The van der Waals surface area contributed by atoms with E-state index >= 15 is 0 Å². The Morgan fingerprint density at radius 3 is 1.21 bits per heavy atom. The monoisotopic (exact) mass is 843 g/mol. The molecule has 0 aromatic carbocycles. The fourth-order valence-corrected chi connectivity index (χ4v) is 6.03. The molecular formula is C55H86O6. The molecule has 0 aromatic heterocycles. The van der Waals surface area contributed by atoms with Gasteiger partial charge in [-0.1, -0.05) is 206 Å². The lowest BCUT2D eigenvalue weighted by Crippen LogP contribution is -2.30. The van der Waals surface area contributed by atoms with E-state index in [-0.39, 0.29) is 31.1 Å². The minimum absolute atomic E-state index is 0.106. The van der Waals surface area contributed by atoms with Crippen LogP contribution in [0.25, 0.3) is 0 Å². The third-order valence-electron chi connectivity index (χ3n) is 9.63. The van der Waals surface area contributed by atoms with Gasteiger partial charge in [0.05, 0.1) is 0 Å². The first kappa shape index (κ1) is 56.8. The number of unbranched alkanes of at least 4 members (excludes halogenated alkanes) is 16. The molecule has 1 atom stereocenters. The van der Waals surface area contributed by atoms with Gasteiger partial charge in [0.2, 0.25) is 0 Å². The van der Waals surface area contributed by atoms with Crippen molar-refractivity contribution < 1.29 is 28.6 Å². The molecule has 6 heteroatoms. The van der Waals surface area contributed by atoms with Crippen LogP contribution in [0.4, 0.5) is 0 Å². The topological polar surface area (TPSA) is 78.9 Å². The van der Waals surface area contributed by atoms with Crippen LogP contribution in [0.1, 0.15) is 188 Å². The second kappa shape index (κ2) is 48.5. The van der Waals surface area contributed by atoms with Crippen molar-refractivity contribution in [2.75, 3.05) is 13.2 Å². The Balaban J connectivity index is 4.51. The van der Waals surface area contributed by atoms with E-state index in [1.54, 1.807) is 0 Å². The lowest BCUT2D eigenvalue weighted by molar-refractivity contribution is -0.167. The van der Waals surface area contributed by atoms with Gasteiger partial charge in [-0.25, -0.2) is 0 Å². The molecule has 0 aliphatic carbocycles.